The van der Waals surface area contributed by atoms with Crippen LogP contribution in [-0.2, 0) is 9.53 Å². The maximum Gasteiger partial charge on any atom is 0.344 e. The van der Waals surface area contributed by atoms with Gasteiger partial charge in [0.2, 0.25) is 0 Å². The van der Waals surface area contributed by atoms with E-state index in [9.17, 15) is 4.79 Å². The van der Waals surface area contributed by atoms with Gasteiger partial charge in [0.15, 0.2) is 6.61 Å². The van der Waals surface area contributed by atoms with Gasteiger partial charge in [0.05, 0.1) is 22.7 Å². The van der Waals surface area contributed by atoms with E-state index in [1.165, 1.54) is 0 Å². The third-order valence-electron chi connectivity index (χ3n) is 3.30. The average molecular weight is 365 g/mol. The van der Waals surface area contributed by atoms with Crippen molar-refractivity contribution in [2.75, 3.05) is 13.2 Å². The van der Waals surface area contributed by atoms with Crippen molar-refractivity contribution in [3.05, 3.63) is 46.4 Å². The minimum Gasteiger partial charge on any atom is -0.480 e. The molecule has 124 valence electrons. The van der Waals surface area contributed by atoms with Crippen molar-refractivity contribution in [2.24, 2.45) is 0 Å². The fourth-order valence-electron chi connectivity index (χ4n) is 2.22. The lowest BCUT2D eigenvalue weighted by atomic mass is 10.2. The molecule has 5 nitrogen and oxygen atoms in total. The Morgan fingerprint density at radius 1 is 1.21 bits per heavy atom. The summed E-state index contributed by atoms with van der Waals surface area (Å²) in [5, 5.41) is 1.02. The maximum absolute atomic E-state index is 11.3. The standard InChI is InChI=1S/C17H14Cl2N2O3/c1-2-23-16(22)9-24-15-6-3-10(7-12(15)19)17-20-13-5-4-11(18)8-14(13)21-17/h3-8H,2,9H2,1H3,(H,20,21). The molecular weight excluding hydrogens is 351 g/mol. The van der Waals surface area contributed by atoms with Crippen LogP contribution in [0.1, 0.15) is 6.92 Å². The summed E-state index contributed by atoms with van der Waals surface area (Å²) in [7, 11) is 0. The molecule has 0 saturated carbocycles. The summed E-state index contributed by atoms with van der Waals surface area (Å²) >= 11 is 12.2. The second-order valence-electron chi connectivity index (χ2n) is 4.99. The fourth-order valence-corrected chi connectivity index (χ4v) is 2.63. The van der Waals surface area contributed by atoms with Gasteiger partial charge in [0.25, 0.3) is 0 Å². The quantitative estimate of drug-likeness (QED) is 0.677. The first-order chi connectivity index (χ1) is 11.6. The van der Waals surface area contributed by atoms with E-state index in [0.717, 1.165) is 16.6 Å². The van der Waals surface area contributed by atoms with Crippen molar-refractivity contribution in [1.82, 2.24) is 9.97 Å². The fraction of sp³-hybridized carbons (Fsp3) is 0.176. The second-order valence-corrected chi connectivity index (χ2v) is 5.83. The second kappa shape index (κ2) is 7.11. The molecule has 0 aliphatic rings. The van der Waals surface area contributed by atoms with E-state index in [2.05, 4.69) is 9.97 Å². The number of aromatic nitrogens is 2. The van der Waals surface area contributed by atoms with Crippen molar-refractivity contribution >= 4 is 40.2 Å². The van der Waals surface area contributed by atoms with Crippen LogP contribution in [0.15, 0.2) is 36.4 Å². The number of aromatic amines is 1. The van der Waals surface area contributed by atoms with Gasteiger partial charge in [-0.15, -0.1) is 0 Å². The predicted molar refractivity (Wildman–Crippen MR) is 93.7 cm³/mol. The number of H-pyrrole nitrogens is 1. The Labute approximate surface area is 148 Å². The number of nitrogens with one attached hydrogen (secondary N) is 1. The van der Waals surface area contributed by atoms with Gasteiger partial charge in [0.1, 0.15) is 11.6 Å². The number of carbonyl (C=O) groups excluding carboxylic acids is 1. The van der Waals surface area contributed by atoms with Gasteiger partial charge in [-0.2, -0.15) is 0 Å². The molecule has 0 spiro atoms. The lowest BCUT2D eigenvalue weighted by Gasteiger charge is -2.08. The molecule has 0 aliphatic heterocycles. The highest BCUT2D eigenvalue weighted by Crippen LogP contribution is 2.30. The molecule has 0 amide bonds. The summed E-state index contributed by atoms with van der Waals surface area (Å²) in [4.78, 5) is 19.0. The Hall–Kier alpha value is -2.24. The molecule has 0 radical (unpaired) electrons. The number of imidazole rings is 1. The van der Waals surface area contributed by atoms with E-state index in [0.29, 0.717) is 28.2 Å². The molecule has 1 heterocycles. The topological polar surface area (TPSA) is 64.2 Å². The Morgan fingerprint density at radius 3 is 2.79 bits per heavy atom. The van der Waals surface area contributed by atoms with Crippen molar-refractivity contribution in [3.8, 4) is 17.1 Å². The third kappa shape index (κ3) is 3.63. The zero-order chi connectivity index (χ0) is 17.1. The number of halogens is 2. The predicted octanol–water partition coefficient (Wildman–Crippen LogP) is 4.48. The van der Waals surface area contributed by atoms with Gasteiger partial charge in [-0.05, 0) is 43.3 Å². The largest absolute Gasteiger partial charge is 0.480 e. The monoisotopic (exact) mass is 364 g/mol. The van der Waals surface area contributed by atoms with Gasteiger partial charge < -0.3 is 14.5 Å². The molecule has 0 saturated heterocycles. The molecule has 0 atom stereocenters. The summed E-state index contributed by atoms with van der Waals surface area (Å²) in [6.45, 7) is 1.86. The van der Waals surface area contributed by atoms with Crippen molar-refractivity contribution < 1.29 is 14.3 Å². The normalized spacial score (nSPS) is 10.8. The summed E-state index contributed by atoms with van der Waals surface area (Å²) in [5.41, 5.74) is 2.46. The van der Waals surface area contributed by atoms with E-state index >= 15 is 0 Å². The highest BCUT2D eigenvalue weighted by molar-refractivity contribution is 6.32. The molecule has 0 fully saturated rings. The SMILES string of the molecule is CCOC(=O)COc1ccc(-c2nc3ccc(Cl)cc3[nH]2)cc1Cl. The molecule has 0 unspecified atom stereocenters. The van der Waals surface area contributed by atoms with E-state index < -0.39 is 5.97 Å². The van der Waals surface area contributed by atoms with Crippen LogP contribution in [0.25, 0.3) is 22.4 Å². The number of hydrogen-bond donors (Lipinski definition) is 1. The molecule has 3 rings (SSSR count). The summed E-state index contributed by atoms with van der Waals surface area (Å²) in [6.07, 6.45) is 0. The maximum atomic E-state index is 11.3. The Kier molecular flexibility index (Phi) is 4.92. The van der Waals surface area contributed by atoms with Crippen LogP contribution in [0.5, 0.6) is 5.75 Å². The molecule has 1 N–H and O–H groups in total. The van der Waals surface area contributed by atoms with Crippen LogP contribution >= 0.6 is 23.2 Å². The van der Waals surface area contributed by atoms with E-state index in [1.54, 1.807) is 25.1 Å². The number of esters is 1. The highest BCUT2D eigenvalue weighted by Gasteiger charge is 2.11. The first-order valence-electron chi connectivity index (χ1n) is 7.30. The molecule has 24 heavy (non-hydrogen) atoms. The molecule has 0 bridgehead atoms. The first-order valence-corrected chi connectivity index (χ1v) is 8.06. The van der Waals surface area contributed by atoms with E-state index in [1.807, 2.05) is 18.2 Å². The van der Waals surface area contributed by atoms with Crippen LogP contribution < -0.4 is 4.74 Å². The zero-order valence-corrected chi connectivity index (χ0v) is 14.3. The molecule has 1 aromatic heterocycles. The summed E-state index contributed by atoms with van der Waals surface area (Å²) < 4.78 is 10.2. The Morgan fingerprint density at radius 2 is 2.04 bits per heavy atom. The van der Waals surface area contributed by atoms with Gasteiger partial charge in [-0.3, -0.25) is 0 Å². The van der Waals surface area contributed by atoms with E-state index in [-0.39, 0.29) is 6.61 Å². The molecule has 7 heteroatoms. The van der Waals surface area contributed by atoms with Crippen LogP contribution in [0.4, 0.5) is 0 Å². The molecular formula is C17H14Cl2N2O3. The Bertz CT molecular complexity index is 893. The van der Waals surface area contributed by atoms with E-state index in [4.69, 9.17) is 32.7 Å². The number of nitrogens with zero attached hydrogens (tertiary/aromatic N) is 1. The lowest BCUT2D eigenvalue weighted by molar-refractivity contribution is -0.145. The average Bonchev–Trinajstić information content (AvgIpc) is 2.97. The summed E-state index contributed by atoms with van der Waals surface area (Å²) in [6, 6.07) is 10.7. The highest BCUT2D eigenvalue weighted by atomic mass is 35.5. The Balaban J connectivity index is 1.81. The third-order valence-corrected chi connectivity index (χ3v) is 3.83. The molecule has 2 aromatic carbocycles. The van der Waals surface area contributed by atoms with Crippen molar-refractivity contribution in [2.45, 2.75) is 6.92 Å². The van der Waals surface area contributed by atoms with Gasteiger partial charge in [0, 0.05) is 10.6 Å². The van der Waals surface area contributed by atoms with Gasteiger partial charge in [-0.25, -0.2) is 9.78 Å². The van der Waals surface area contributed by atoms with Gasteiger partial charge in [-0.1, -0.05) is 23.2 Å². The van der Waals surface area contributed by atoms with Crippen LogP contribution in [0.3, 0.4) is 0 Å². The van der Waals surface area contributed by atoms with Crippen LogP contribution in [0.2, 0.25) is 10.0 Å². The number of ether oxygens (including phenoxy) is 2. The molecule has 0 aliphatic carbocycles. The zero-order valence-electron chi connectivity index (χ0n) is 12.8. The summed E-state index contributed by atoms with van der Waals surface area (Å²) in [5.74, 6) is 0.644. The number of carbonyl (C=O) groups is 1. The van der Waals surface area contributed by atoms with Crippen LogP contribution in [-0.4, -0.2) is 29.2 Å². The lowest BCUT2D eigenvalue weighted by Crippen LogP contribution is -2.14. The van der Waals surface area contributed by atoms with Crippen LogP contribution in [0, 0.1) is 0 Å². The molecule has 3 aromatic rings. The number of fused-ring (bicyclic) bond motifs is 1. The van der Waals surface area contributed by atoms with Crippen molar-refractivity contribution in [3.63, 3.8) is 0 Å². The minimum absolute atomic E-state index is 0.184. The van der Waals surface area contributed by atoms with Gasteiger partial charge >= 0.3 is 5.97 Å². The number of rotatable bonds is 5. The number of hydrogen-bond acceptors (Lipinski definition) is 4. The number of benzene rings is 2. The smallest absolute Gasteiger partial charge is 0.344 e. The minimum atomic E-state index is -0.438. The first kappa shape index (κ1) is 16.6. The van der Waals surface area contributed by atoms with Crippen molar-refractivity contribution in [1.29, 1.82) is 0 Å².